The highest BCUT2D eigenvalue weighted by atomic mass is 32.2. The summed E-state index contributed by atoms with van der Waals surface area (Å²) in [7, 11) is -1.49. The molecule has 0 saturated heterocycles. The molecule has 1 aromatic carbocycles. The Morgan fingerprint density at radius 2 is 1.79 bits per heavy atom. The van der Waals surface area contributed by atoms with Gasteiger partial charge in [-0.05, 0) is 44.9 Å². The standard InChI is InChI=1S/C13H16F3NOS/c1-9-10(8-17-19(18)12(2,3)4)6-5-7-11(9)13(14,15)16/h5-8H,1-4H3/b17-8+. The van der Waals surface area contributed by atoms with Gasteiger partial charge in [0.15, 0.2) is 0 Å². The average Bonchev–Trinajstić information content (AvgIpc) is 2.24. The van der Waals surface area contributed by atoms with Gasteiger partial charge in [0, 0.05) is 6.21 Å². The third-order valence-corrected chi connectivity index (χ3v) is 3.84. The van der Waals surface area contributed by atoms with Gasteiger partial charge in [-0.25, -0.2) is 4.21 Å². The van der Waals surface area contributed by atoms with E-state index in [-0.39, 0.29) is 5.56 Å². The van der Waals surface area contributed by atoms with E-state index in [4.69, 9.17) is 0 Å². The van der Waals surface area contributed by atoms with Crippen molar-refractivity contribution in [2.24, 2.45) is 4.40 Å². The van der Waals surface area contributed by atoms with Crippen LogP contribution in [0, 0.1) is 6.92 Å². The normalized spacial score (nSPS) is 14.9. The molecule has 1 atom stereocenters. The van der Waals surface area contributed by atoms with E-state index in [0.717, 1.165) is 6.07 Å². The van der Waals surface area contributed by atoms with Crippen LogP contribution in [-0.4, -0.2) is 15.2 Å². The molecule has 1 rings (SSSR count). The summed E-state index contributed by atoms with van der Waals surface area (Å²) in [6.45, 7) is 6.63. The minimum Gasteiger partial charge on any atom is -0.234 e. The Hall–Kier alpha value is -1.17. The molecule has 1 unspecified atom stereocenters. The van der Waals surface area contributed by atoms with Gasteiger partial charge in [-0.3, -0.25) is 0 Å². The lowest BCUT2D eigenvalue weighted by Crippen LogP contribution is -2.19. The first-order valence-electron chi connectivity index (χ1n) is 5.66. The molecular weight excluding hydrogens is 275 g/mol. The molecule has 0 bridgehead atoms. The van der Waals surface area contributed by atoms with Crippen LogP contribution in [0.4, 0.5) is 13.2 Å². The molecule has 0 fully saturated rings. The van der Waals surface area contributed by atoms with Crippen molar-refractivity contribution in [1.29, 1.82) is 0 Å². The van der Waals surface area contributed by atoms with Crippen molar-refractivity contribution in [3.63, 3.8) is 0 Å². The lowest BCUT2D eigenvalue weighted by molar-refractivity contribution is -0.138. The topological polar surface area (TPSA) is 29.4 Å². The average molecular weight is 291 g/mol. The summed E-state index contributed by atoms with van der Waals surface area (Å²) in [5, 5.41) is 0. The lowest BCUT2D eigenvalue weighted by Gasteiger charge is -2.14. The number of halogens is 3. The molecule has 0 radical (unpaired) electrons. The fraction of sp³-hybridized carbons (Fsp3) is 0.462. The van der Waals surface area contributed by atoms with E-state index in [1.807, 2.05) is 0 Å². The predicted octanol–water partition coefficient (Wildman–Crippen LogP) is 3.89. The largest absolute Gasteiger partial charge is 0.416 e. The van der Waals surface area contributed by atoms with Gasteiger partial charge in [-0.2, -0.15) is 17.6 Å². The zero-order chi connectivity index (χ0) is 14.8. The van der Waals surface area contributed by atoms with Crippen LogP contribution in [0.2, 0.25) is 0 Å². The fourth-order valence-corrected chi connectivity index (χ4v) is 1.89. The van der Waals surface area contributed by atoms with Crippen molar-refractivity contribution in [3.05, 3.63) is 34.9 Å². The second-order valence-corrected chi connectivity index (χ2v) is 7.05. The van der Waals surface area contributed by atoms with E-state index < -0.39 is 27.5 Å². The van der Waals surface area contributed by atoms with Crippen LogP contribution in [0.5, 0.6) is 0 Å². The zero-order valence-electron chi connectivity index (χ0n) is 11.2. The minimum absolute atomic E-state index is 0.0876. The van der Waals surface area contributed by atoms with Gasteiger partial charge in [-0.1, -0.05) is 12.1 Å². The number of hydrogen-bond acceptors (Lipinski definition) is 1. The van der Waals surface area contributed by atoms with Crippen LogP contribution in [0.25, 0.3) is 0 Å². The Kier molecular flexibility index (Phi) is 4.55. The first-order chi connectivity index (χ1) is 8.53. The molecule has 2 nitrogen and oxygen atoms in total. The third kappa shape index (κ3) is 4.16. The zero-order valence-corrected chi connectivity index (χ0v) is 12.0. The van der Waals surface area contributed by atoms with Gasteiger partial charge in [0.1, 0.15) is 11.0 Å². The van der Waals surface area contributed by atoms with E-state index in [0.29, 0.717) is 5.56 Å². The lowest BCUT2D eigenvalue weighted by atomic mass is 10.0. The van der Waals surface area contributed by atoms with Crippen LogP contribution in [0.1, 0.15) is 37.5 Å². The van der Waals surface area contributed by atoms with E-state index in [2.05, 4.69) is 4.40 Å². The van der Waals surface area contributed by atoms with Gasteiger partial charge >= 0.3 is 6.18 Å². The van der Waals surface area contributed by atoms with Crippen molar-refractivity contribution in [3.8, 4) is 0 Å². The van der Waals surface area contributed by atoms with Crippen molar-refractivity contribution >= 4 is 17.2 Å². The molecule has 0 aliphatic rings. The van der Waals surface area contributed by atoms with Crippen LogP contribution in [0.3, 0.4) is 0 Å². The maximum Gasteiger partial charge on any atom is 0.416 e. The molecule has 1 aromatic rings. The predicted molar refractivity (Wildman–Crippen MR) is 71.7 cm³/mol. The third-order valence-electron chi connectivity index (χ3n) is 2.49. The van der Waals surface area contributed by atoms with Gasteiger partial charge in [-0.15, -0.1) is 0 Å². The van der Waals surface area contributed by atoms with Crippen LogP contribution in [0.15, 0.2) is 22.6 Å². The van der Waals surface area contributed by atoms with E-state index >= 15 is 0 Å². The highest BCUT2D eigenvalue weighted by molar-refractivity contribution is 7.85. The number of alkyl halides is 3. The van der Waals surface area contributed by atoms with Crippen molar-refractivity contribution in [2.45, 2.75) is 38.6 Å². The Labute approximate surface area is 113 Å². The summed E-state index contributed by atoms with van der Waals surface area (Å²) in [5.74, 6) is 0. The summed E-state index contributed by atoms with van der Waals surface area (Å²) in [6, 6.07) is 3.86. The number of rotatable bonds is 2. The molecule has 0 heterocycles. The minimum atomic E-state index is -4.39. The number of benzene rings is 1. The molecular formula is C13H16F3NOS. The second kappa shape index (κ2) is 5.45. The van der Waals surface area contributed by atoms with Crippen molar-refractivity contribution in [2.75, 3.05) is 0 Å². The second-order valence-electron chi connectivity index (χ2n) is 5.11. The van der Waals surface area contributed by atoms with E-state index in [9.17, 15) is 17.4 Å². The molecule has 0 saturated carbocycles. The summed E-state index contributed by atoms with van der Waals surface area (Å²) in [5.41, 5.74) is -0.282. The maximum atomic E-state index is 12.7. The molecule has 106 valence electrons. The summed E-state index contributed by atoms with van der Waals surface area (Å²) < 4.78 is 53.2. The van der Waals surface area contributed by atoms with Gasteiger partial charge in [0.25, 0.3) is 0 Å². The molecule has 0 amide bonds. The fourth-order valence-electron chi connectivity index (χ4n) is 1.36. The van der Waals surface area contributed by atoms with Crippen molar-refractivity contribution < 1.29 is 17.4 Å². The molecule has 0 aliphatic carbocycles. The molecule has 6 heteroatoms. The van der Waals surface area contributed by atoms with Crippen molar-refractivity contribution in [1.82, 2.24) is 0 Å². The highest BCUT2D eigenvalue weighted by Gasteiger charge is 2.32. The highest BCUT2D eigenvalue weighted by Crippen LogP contribution is 2.32. The van der Waals surface area contributed by atoms with Crippen LogP contribution >= 0.6 is 0 Å². The Bertz CT molecular complexity index is 516. The smallest absolute Gasteiger partial charge is 0.234 e. The Balaban J connectivity index is 3.11. The summed E-state index contributed by atoms with van der Waals surface area (Å²) in [6.07, 6.45) is -3.15. The van der Waals surface area contributed by atoms with E-state index in [1.54, 1.807) is 20.8 Å². The monoisotopic (exact) mass is 291 g/mol. The molecule has 0 aliphatic heterocycles. The molecule has 0 spiro atoms. The molecule has 19 heavy (non-hydrogen) atoms. The van der Waals surface area contributed by atoms with Gasteiger partial charge in [0.2, 0.25) is 0 Å². The van der Waals surface area contributed by atoms with Crippen LogP contribution in [-0.2, 0) is 17.2 Å². The first kappa shape index (κ1) is 15.9. The summed E-state index contributed by atoms with van der Waals surface area (Å²) in [4.78, 5) is 0. The Morgan fingerprint density at radius 1 is 1.21 bits per heavy atom. The van der Waals surface area contributed by atoms with Gasteiger partial charge in [0.05, 0.1) is 10.3 Å². The molecule has 0 N–H and O–H groups in total. The van der Waals surface area contributed by atoms with Gasteiger partial charge < -0.3 is 0 Å². The maximum absolute atomic E-state index is 12.7. The Morgan fingerprint density at radius 3 is 2.26 bits per heavy atom. The quantitative estimate of drug-likeness (QED) is 0.760. The van der Waals surface area contributed by atoms with Crippen LogP contribution < -0.4 is 0 Å². The number of hydrogen-bond donors (Lipinski definition) is 0. The first-order valence-corrected chi connectivity index (χ1v) is 6.77. The number of nitrogens with zero attached hydrogens (tertiary/aromatic N) is 1. The SMILES string of the molecule is Cc1c(/C=N/S(=O)C(C)(C)C)cccc1C(F)(F)F. The summed E-state index contributed by atoms with van der Waals surface area (Å²) >= 11 is 0. The molecule has 0 aromatic heterocycles. The van der Waals surface area contributed by atoms with E-state index in [1.165, 1.54) is 25.3 Å².